The normalized spacial score (nSPS) is 10.9. The van der Waals surface area contributed by atoms with Gasteiger partial charge >= 0.3 is 41.5 Å². The van der Waals surface area contributed by atoms with Crippen molar-refractivity contribution in [1.82, 2.24) is 0 Å². The molecule has 0 aliphatic heterocycles. The van der Waals surface area contributed by atoms with Crippen LogP contribution in [0.5, 0.6) is 0 Å². The van der Waals surface area contributed by atoms with E-state index in [9.17, 15) is 18.0 Å². The fourth-order valence-corrected chi connectivity index (χ4v) is 2.68. The smallest absolute Gasteiger partial charge is 1.00 e. The summed E-state index contributed by atoms with van der Waals surface area (Å²) < 4.78 is 31.7. The molecular weight excluding hydrogens is 311 g/mol. The topological polar surface area (TPSA) is 129 Å². The van der Waals surface area contributed by atoms with Crippen molar-refractivity contribution in [1.29, 1.82) is 0 Å². The third kappa shape index (κ3) is 3.25. The Labute approximate surface area is 142 Å². The average Bonchev–Trinajstić information content (AvgIpc) is 2.34. The van der Waals surface area contributed by atoms with Crippen LogP contribution in [0.25, 0.3) is 10.8 Å². The molecule has 0 aromatic heterocycles. The predicted molar refractivity (Wildman–Crippen MR) is 68.8 cm³/mol. The maximum atomic E-state index is 11.3. The van der Waals surface area contributed by atoms with Gasteiger partial charge < -0.3 is 11.6 Å². The Hall–Kier alpha value is -1.45. The maximum Gasteiger partial charge on any atom is 1.00 e. The van der Waals surface area contributed by atoms with Gasteiger partial charge in [-0.15, -0.1) is 0 Å². The molecule has 0 unspecified atom stereocenters. The van der Waals surface area contributed by atoms with Crippen molar-refractivity contribution in [2.45, 2.75) is 4.90 Å². The minimum Gasteiger partial charge on any atom is -1.00 e. The van der Waals surface area contributed by atoms with Crippen molar-refractivity contribution in [2.24, 2.45) is 0 Å². The summed E-state index contributed by atoms with van der Waals surface area (Å²) in [6.45, 7) is 0. The van der Waals surface area contributed by atoms with Crippen LogP contribution in [-0.2, 0) is 10.1 Å². The van der Waals surface area contributed by atoms with E-state index in [-0.39, 0.29) is 41.8 Å². The van der Waals surface area contributed by atoms with E-state index < -0.39 is 38.1 Å². The predicted octanol–water partition coefficient (Wildman–Crippen LogP) is -1.40. The van der Waals surface area contributed by atoms with E-state index in [4.69, 9.17) is 14.8 Å². The second-order valence-electron chi connectivity index (χ2n) is 3.93. The Kier molecular flexibility index (Phi) is 5.13. The fraction of sp³-hybridized carbons (Fsp3) is 0. The zero-order chi connectivity index (χ0) is 15.1. The number of hydrogen-bond acceptors (Lipinski definition) is 4. The van der Waals surface area contributed by atoms with Gasteiger partial charge in [-0.25, -0.2) is 9.59 Å². The molecule has 9 heteroatoms. The van der Waals surface area contributed by atoms with Gasteiger partial charge in [0.1, 0.15) is 4.90 Å². The summed E-state index contributed by atoms with van der Waals surface area (Å²) in [5.74, 6) is -3.34. The molecule has 0 aliphatic carbocycles. The summed E-state index contributed by atoms with van der Waals surface area (Å²) in [5.41, 5.74) is -1.64. The first-order valence-corrected chi connectivity index (χ1v) is 6.67. The van der Waals surface area contributed by atoms with Crippen molar-refractivity contribution < 1.29 is 63.8 Å². The first-order chi connectivity index (χ1) is 9.23. The zero-order valence-electron chi connectivity index (χ0n) is 11.8. The van der Waals surface area contributed by atoms with E-state index in [1.165, 1.54) is 24.3 Å². The minimum atomic E-state index is -4.87. The van der Waals surface area contributed by atoms with Crippen molar-refractivity contribution in [3.8, 4) is 0 Å². The number of carboxylic acid groups (broad SMARTS) is 2. The van der Waals surface area contributed by atoms with Gasteiger partial charge in [-0.1, -0.05) is 24.3 Å². The molecule has 2 aromatic carbocycles. The maximum absolute atomic E-state index is 11.3. The second kappa shape index (κ2) is 6.12. The molecule has 0 saturated heterocycles. The van der Waals surface area contributed by atoms with Crippen LogP contribution in [0.15, 0.2) is 35.2 Å². The molecule has 0 bridgehead atoms. The minimum absolute atomic E-state index is 0. The molecule has 0 amide bonds. The summed E-state index contributed by atoms with van der Waals surface area (Å²) in [5, 5.41) is 18.5. The largest absolute Gasteiger partial charge is 1.00 e. The number of fused-ring (bicyclic) bond motifs is 1. The molecule has 0 atom stereocenters. The van der Waals surface area contributed by atoms with Crippen molar-refractivity contribution in [2.75, 3.05) is 0 Å². The Morgan fingerprint density at radius 3 is 2.00 bits per heavy atom. The number of aromatic carboxylic acids is 2. The Morgan fingerprint density at radius 1 is 1.00 bits per heavy atom. The van der Waals surface area contributed by atoms with Crippen LogP contribution in [0.1, 0.15) is 22.1 Å². The zero-order valence-corrected chi connectivity index (χ0v) is 13.6. The molecule has 2 rings (SSSR count). The van der Waals surface area contributed by atoms with Crippen LogP contribution >= 0.6 is 0 Å². The molecule has 7 nitrogen and oxygen atoms in total. The number of benzene rings is 2. The van der Waals surface area contributed by atoms with Crippen LogP contribution in [0.2, 0.25) is 0 Å². The van der Waals surface area contributed by atoms with Crippen LogP contribution in [0, 0.1) is 0 Å². The van der Waals surface area contributed by atoms with Crippen molar-refractivity contribution in [3.05, 3.63) is 41.5 Å². The quantitative estimate of drug-likeness (QED) is 0.468. The molecule has 106 valence electrons. The molecule has 0 heterocycles. The SMILES string of the molecule is O=C(O)c1c(S(=O)(=O)O)cc2ccccc2c1C(=O)O.[H-].[Na+]. The summed E-state index contributed by atoms with van der Waals surface area (Å²) in [6, 6.07) is 6.73. The molecule has 0 spiro atoms. The molecule has 0 radical (unpaired) electrons. The van der Waals surface area contributed by atoms with Gasteiger partial charge in [0.25, 0.3) is 10.1 Å². The van der Waals surface area contributed by atoms with Crippen LogP contribution in [0.4, 0.5) is 0 Å². The van der Waals surface area contributed by atoms with Gasteiger partial charge in [-0.05, 0) is 16.8 Å². The molecule has 2 aromatic rings. The third-order valence-corrected chi connectivity index (χ3v) is 3.60. The molecular formula is C12H9NaO7S. The van der Waals surface area contributed by atoms with Crippen LogP contribution < -0.4 is 29.6 Å². The first kappa shape index (κ1) is 17.6. The van der Waals surface area contributed by atoms with E-state index in [1.807, 2.05) is 0 Å². The number of rotatable bonds is 3. The van der Waals surface area contributed by atoms with Gasteiger partial charge in [-0.2, -0.15) is 8.42 Å². The Morgan fingerprint density at radius 2 is 1.52 bits per heavy atom. The molecule has 0 saturated carbocycles. The van der Waals surface area contributed by atoms with Crippen molar-refractivity contribution in [3.63, 3.8) is 0 Å². The molecule has 0 aliphatic rings. The first-order valence-electron chi connectivity index (χ1n) is 5.23. The Balaban J connectivity index is 0.00000220. The van der Waals surface area contributed by atoms with Crippen LogP contribution in [0.3, 0.4) is 0 Å². The average molecular weight is 320 g/mol. The van der Waals surface area contributed by atoms with E-state index in [0.29, 0.717) is 0 Å². The van der Waals surface area contributed by atoms with E-state index in [1.54, 1.807) is 0 Å². The summed E-state index contributed by atoms with van der Waals surface area (Å²) >= 11 is 0. The van der Waals surface area contributed by atoms with Crippen LogP contribution in [-0.4, -0.2) is 35.1 Å². The standard InChI is InChI=1S/C12H8O7S.Na.H/c13-11(14)9-7-4-2-1-3-6(7)5-8(20(17,18)19)10(9)12(15)16;;/h1-5H,(H,13,14)(H,15,16)(H,17,18,19);;/q;+1;-1. The number of carbonyl (C=O) groups is 2. The van der Waals surface area contributed by atoms with E-state index in [0.717, 1.165) is 6.07 Å². The molecule has 3 N–H and O–H groups in total. The van der Waals surface area contributed by atoms with Gasteiger partial charge in [0, 0.05) is 0 Å². The number of hydrogen-bond donors (Lipinski definition) is 3. The molecule has 21 heavy (non-hydrogen) atoms. The number of carboxylic acids is 2. The third-order valence-electron chi connectivity index (χ3n) is 2.72. The van der Waals surface area contributed by atoms with E-state index >= 15 is 0 Å². The summed E-state index contributed by atoms with van der Waals surface area (Å²) in [7, 11) is -4.87. The van der Waals surface area contributed by atoms with Gasteiger partial charge in [0.05, 0.1) is 11.1 Å². The second-order valence-corrected chi connectivity index (χ2v) is 5.32. The van der Waals surface area contributed by atoms with Gasteiger partial charge in [0.15, 0.2) is 0 Å². The van der Waals surface area contributed by atoms with Crippen molar-refractivity contribution >= 4 is 32.8 Å². The van der Waals surface area contributed by atoms with E-state index in [2.05, 4.69) is 0 Å². The summed E-state index contributed by atoms with van der Waals surface area (Å²) in [6.07, 6.45) is 0. The summed E-state index contributed by atoms with van der Waals surface area (Å²) in [4.78, 5) is 21.5. The fourth-order valence-electron chi connectivity index (χ4n) is 1.96. The molecule has 0 fully saturated rings. The monoisotopic (exact) mass is 320 g/mol. The van der Waals surface area contributed by atoms with Gasteiger partial charge in [-0.3, -0.25) is 4.55 Å². The Bertz CT molecular complexity index is 848. The van der Waals surface area contributed by atoms with Gasteiger partial charge in [0.2, 0.25) is 0 Å².